The Morgan fingerprint density at radius 2 is 2.00 bits per heavy atom. The van der Waals surface area contributed by atoms with E-state index in [1.54, 1.807) is 0 Å². The Hall–Kier alpha value is -0.870. The molecule has 17 heavy (non-hydrogen) atoms. The summed E-state index contributed by atoms with van der Waals surface area (Å²) in [5.41, 5.74) is 1.24. The Balaban J connectivity index is 1.61. The molecule has 1 aliphatic rings. The lowest BCUT2D eigenvalue weighted by molar-refractivity contribution is -0.120. The molecule has 0 bridgehead atoms. The van der Waals surface area contributed by atoms with Gasteiger partial charge in [-0.2, -0.15) is 0 Å². The predicted octanol–water partition coefficient (Wildman–Crippen LogP) is 1.86. The molecule has 0 heterocycles. The molecule has 3 nitrogen and oxygen atoms in total. The van der Waals surface area contributed by atoms with E-state index in [0.717, 1.165) is 10.9 Å². The fourth-order valence-electron chi connectivity index (χ4n) is 1.58. The smallest absolute Gasteiger partial charge is 0.233 e. The van der Waals surface area contributed by atoms with Crippen molar-refractivity contribution in [1.82, 2.24) is 10.6 Å². The number of hydrogen-bond donors (Lipinski definition) is 2. The Labute approximate surface area is 110 Å². The number of carbonyl (C=O) groups excluding carboxylic acids is 1. The first-order chi connectivity index (χ1) is 8.24. The quantitative estimate of drug-likeness (QED) is 0.841. The molecule has 4 heteroatoms. The summed E-state index contributed by atoms with van der Waals surface area (Å²) >= 11 is 3.40. The third-order valence-corrected chi connectivity index (χ3v) is 3.31. The summed E-state index contributed by atoms with van der Waals surface area (Å²) in [7, 11) is 0. The van der Waals surface area contributed by atoms with Crippen molar-refractivity contribution in [2.45, 2.75) is 25.3 Å². The van der Waals surface area contributed by atoms with E-state index in [1.807, 2.05) is 12.1 Å². The van der Waals surface area contributed by atoms with Gasteiger partial charge in [0.05, 0.1) is 6.54 Å². The number of rotatable bonds is 6. The van der Waals surface area contributed by atoms with Crippen molar-refractivity contribution in [3.05, 3.63) is 34.3 Å². The second-order valence-corrected chi connectivity index (χ2v) is 5.30. The zero-order valence-electron chi connectivity index (χ0n) is 9.71. The van der Waals surface area contributed by atoms with Crippen LogP contribution in [-0.4, -0.2) is 25.0 Å². The van der Waals surface area contributed by atoms with E-state index in [-0.39, 0.29) is 5.91 Å². The van der Waals surface area contributed by atoms with Crippen molar-refractivity contribution in [2.24, 2.45) is 0 Å². The Morgan fingerprint density at radius 3 is 2.65 bits per heavy atom. The first-order valence-corrected chi connectivity index (χ1v) is 6.78. The summed E-state index contributed by atoms with van der Waals surface area (Å²) in [5, 5.41) is 6.11. The molecule has 0 atom stereocenters. The van der Waals surface area contributed by atoms with Crippen LogP contribution in [0.1, 0.15) is 18.4 Å². The summed E-state index contributed by atoms with van der Waals surface area (Å²) in [6.07, 6.45) is 3.31. The van der Waals surface area contributed by atoms with Crippen molar-refractivity contribution < 1.29 is 4.79 Å². The van der Waals surface area contributed by atoms with Crippen LogP contribution in [0.25, 0.3) is 0 Å². The van der Waals surface area contributed by atoms with E-state index in [9.17, 15) is 4.79 Å². The number of nitrogens with one attached hydrogen (secondary N) is 2. The maximum Gasteiger partial charge on any atom is 0.233 e. The molecule has 1 amide bonds. The average Bonchev–Trinajstić information content (AvgIpc) is 3.13. The van der Waals surface area contributed by atoms with Crippen LogP contribution in [0.15, 0.2) is 28.7 Å². The topological polar surface area (TPSA) is 41.1 Å². The Kier molecular flexibility index (Phi) is 4.57. The lowest BCUT2D eigenvalue weighted by atomic mass is 10.1. The monoisotopic (exact) mass is 296 g/mol. The van der Waals surface area contributed by atoms with Gasteiger partial charge in [-0.1, -0.05) is 28.1 Å². The van der Waals surface area contributed by atoms with E-state index in [0.29, 0.717) is 19.1 Å². The summed E-state index contributed by atoms with van der Waals surface area (Å²) in [5.74, 6) is 0.0917. The van der Waals surface area contributed by atoms with Gasteiger partial charge in [0.25, 0.3) is 0 Å². The van der Waals surface area contributed by atoms with Gasteiger partial charge in [-0.05, 0) is 37.0 Å². The first-order valence-electron chi connectivity index (χ1n) is 5.98. The Morgan fingerprint density at radius 1 is 1.29 bits per heavy atom. The minimum absolute atomic E-state index is 0.0917. The highest BCUT2D eigenvalue weighted by Gasteiger charge is 2.20. The molecule has 2 rings (SSSR count). The van der Waals surface area contributed by atoms with Crippen molar-refractivity contribution in [1.29, 1.82) is 0 Å². The van der Waals surface area contributed by atoms with E-state index < -0.39 is 0 Å². The summed E-state index contributed by atoms with van der Waals surface area (Å²) in [4.78, 5) is 11.4. The zero-order valence-corrected chi connectivity index (χ0v) is 11.3. The van der Waals surface area contributed by atoms with Crippen LogP contribution >= 0.6 is 15.9 Å². The van der Waals surface area contributed by atoms with Gasteiger partial charge in [0.15, 0.2) is 0 Å². The highest BCUT2D eigenvalue weighted by molar-refractivity contribution is 9.10. The molecule has 1 aromatic carbocycles. The van der Waals surface area contributed by atoms with E-state index >= 15 is 0 Å². The fourth-order valence-corrected chi connectivity index (χ4v) is 1.85. The number of benzene rings is 1. The first kappa shape index (κ1) is 12.6. The van der Waals surface area contributed by atoms with E-state index in [4.69, 9.17) is 0 Å². The number of halogens is 1. The van der Waals surface area contributed by atoms with Crippen molar-refractivity contribution in [3.63, 3.8) is 0 Å². The van der Waals surface area contributed by atoms with Crippen molar-refractivity contribution >= 4 is 21.8 Å². The molecule has 1 fully saturated rings. The molecule has 1 saturated carbocycles. The van der Waals surface area contributed by atoms with Crippen molar-refractivity contribution in [3.8, 4) is 0 Å². The molecule has 2 N–H and O–H groups in total. The summed E-state index contributed by atoms with van der Waals surface area (Å²) in [6, 6.07) is 8.77. The second-order valence-electron chi connectivity index (χ2n) is 4.38. The molecule has 0 spiro atoms. The lowest BCUT2D eigenvalue weighted by Crippen LogP contribution is -2.35. The van der Waals surface area contributed by atoms with Gasteiger partial charge in [-0.15, -0.1) is 0 Å². The van der Waals surface area contributed by atoms with Crippen LogP contribution in [0.3, 0.4) is 0 Å². The average molecular weight is 297 g/mol. The van der Waals surface area contributed by atoms with Gasteiger partial charge in [0.1, 0.15) is 0 Å². The number of amides is 1. The van der Waals surface area contributed by atoms with Crippen LogP contribution in [-0.2, 0) is 11.2 Å². The standard InChI is InChI=1S/C13H17BrN2O/c14-11-3-1-10(2-4-11)7-8-15-13(17)9-16-12-5-6-12/h1-4,12,16H,5-9H2,(H,15,17). The molecule has 1 aromatic rings. The van der Waals surface area contributed by atoms with Gasteiger partial charge in [0, 0.05) is 17.1 Å². The predicted molar refractivity (Wildman–Crippen MR) is 71.9 cm³/mol. The minimum atomic E-state index is 0.0917. The van der Waals surface area contributed by atoms with Crippen LogP contribution in [0.5, 0.6) is 0 Å². The van der Waals surface area contributed by atoms with Gasteiger partial charge >= 0.3 is 0 Å². The molecule has 1 aliphatic carbocycles. The molecule has 0 saturated heterocycles. The van der Waals surface area contributed by atoms with Gasteiger partial charge < -0.3 is 10.6 Å². The largest absolute Gasteiger partial charge is 0.355 e. The third kappa shape index (κ3) is 4.88. The molecule has 0 aliphatic heterocycles. The SMILES string of the molecule is O=C(CNC1CC1)NCCc1ccc(Br)cc1. The number of hydrogen-bond acceptors (Lipinski definition) is 2. The third-order valence-electron chi connectivity index (χ3n) is 2.78. The molecule has 0 unspecified atom stereocenters. The van der Waals surface area contributed by atoms with E-state index in [1.165, 1.54) is 18.4 Å². The van der Waals surface area contributed by atoms with Gasteiger partial charge in [-0.25, -0.2) is 0 Å². The van der Waals surface area contributed by atoms with Gasteiger partial charge in [0.2, 0.25) is 5.91 Å². The van der Waals surface area contributed by atoms with Crippen LogP contribution in [0.2, 0.25) is 0 Å². The highest BCUT2D eigenvalue weighted by Crippen LogP contribution is 2.17. The maximum absolute atomic E-state index is 11.4. The molecule has 92 valence electrons. The van der Waals surface area contributed by atoms with Crippen LogP contribution in [0, 0.1) is 0 Å². The normalized spacial score (nSPS) is 14.6. The highest BCUT2D eigenvalue weighted by atomic mass is 79.9. The molecule has 0 aromatic heterocycles. The van der Waals surface area contributed by atoms with Crippen molar-refractivity contribution in [2.75, 3.05) is 13.1 Å². The maximum atomic E-state index is 11.4. The van der Waals surface area contributed by atoms with E-state index in [2.05, 4.69) is 38.7 Å². The minimum Gasteiger partial charge on any atom is -0.355 e. The van der Waals surface area contributed by atoms with Crippen LogP contribution < -0.4 is 10.6 Å². The van der Waals surface area contributed by atoms with Crippen LogP contribution in [0.4, 0.5) is 0 Å². The molecule has 0 radical (unpaired) electrons. The fraction of sp³-hybridized carbons (Fsp3) is 0.462. The summed E-state index contributed by atoms with van der Waals surface area (Å²) in [6.45, 7) is 1.15. The Bertz CT molecular complexity index is 374. The zero-order chi connectivity index (χ0) is 12.1. The lowest BCUT2D eigenvalue weighted by Gasteiger charge is -2.06. The molecular weight excluding hydrogens is 280 g/mol. The van der Waals surface area contributed by atoms with Gasteiger partial charge in [-0.3, -0.25) is 4.79 Å². The summed E-state index contributed by atoms with van der Waals surface area (Å²) < 4.78 is 1.08. The molecular formula is C13H17BrN2O. The number of carbonyl (C=O) groups is 1. The second kappa shape index (κ2) is 6.17.